The van der Waals surface area contributed by atoms with Crippen molar-refractivity contribution in [1.29, 1.82) is 0 Å². The van der Waals surface area contributed by atoms with Gasteiger partial charge in [-0.3, -0.25) is 9.29 Å². The summed E-state index contributed by atoms with van der Waals surface area (Å²) in [5.41, 5.74) is 2.12. The van der Waals surface area contributed by atoms with Gasteiger partial charge >= 0.3 is 5.69 Å². The van der Waals surface area contributed by atoms with Gasteiger partial charge in [0.1, 0.15) is 0 Å². The number of aryl methyl sites for hydroxylation is 2. The molecule has 22 heavy (non-hydrogen) atoms. The quantitative estimate of drug-likeness (QED) is 0.774. The van der Waals surface area contributed by atoms with Gasteiger partial charge in [-0.05, 0) is 36.8 Å². The molecule has 0 saturated carbocycles. The highest BCUT2D eigenvalue weighted by atomic mass is 32.2. The van der Waals surface area contributed by atoms with E-state index < -0.39 is 10.0 Å². The van der Waals surface area contributed by atoms with Crippen LogP contribution in [-0.2, 0) is 17.1 Å². The topological polar surface area (TPSA) is 84.0 Å². The molecule has 2 aromatic carbocycles. The van der Waals surface area contributed by atoms with E-state index in [9.17, 15) is 13.2 Å². The van der Waals surface area contributed by atoms with Crippen LogP contribution in [0.3, 0.4) is 0 Å². The van der Waals surface area contributed by atoms with Crippen LogP contribution >= 0.6 is 0 Å². The van der Waals surface area contributed by atoms with Crippen LogP contribution in [0.2, 0.25) is 0 Å². The molecule has 0 aliphatic rings. The van der Waals surface area contributed by atoms with E-state index in [2.05, 4.69) is 9.71 Å². The Morgan fingerprint density at radius 3 is 2.59 bits per heavy atom. The van der Waals surface area contributed by atoms with Crippen LogP contribution in [0, 0.1) is 6.92 Å². The molecule has 114 valence electrons. The van der Waals surface area contributed by atoms with Gasteiger partial charge in [0.25, 0.3) is 10.0 Å². The summed E-state index contributed by atoms with van der Waals surface area (Å²) < 4.78 is 28.9. The zero-order valence-corrected chi connectivity index (χ0v) is 12.9. The number of aromatic nitrogens is 2. The zero-order valence-electron chi connectivity index (χ0n) is 12.1. The van der Waals surface area contributed by atoms with Crippen LogP contribution < -0.4 is 10.4 Å². The van der Waals surface area contributed by atoms with Crippen LogP contribution in [0.5, 0.6) is 0 Å². The minimum Gasteiger partial charge on any atom is -0.305 e. The number of rotatable bonds is 3. The van der Waals surface area contributed by atoms with Crippen LogP contribution in [-0.4, -0.2) is 18.0 Å². The van der Waals surface area contributed by atoms with Gasteiger partial charge in [-0.25, -0.2) is 13.2 Å². The minimum absolute atomic E-state index is 0.233. The molecule has 0 unspecified atom stereocenters. The summed E-state index contributed by atoms with van der Waals surface area (Å²) in [7, 11) is -2.01. The Kier molecular flexibility index (Phi) is 3.29. The highest BCUT2D eigenvalue weighted by molar-refractivity contribution is 7.92. The molecular weight excluding hydrogens is 302 g/mol. The number of nitrogens with zero attached hydrogens (tertiary/aromatic N) is 1. The van der Waals surface area contributed by atoms with Crippen molar-refractivity contribution in [1.82, 2.24) is 9.55 Å². The molecule has 2 N–H and O–H groups in total. The average molecular weight is 317 g/mol. The van der Waals surface area contributed by atoms with Crippen molar-refractivity contribution in [3.8, 4) is 0 Å². The molecule has 0 aliphatic carbocycles. The Balaban J connectivity index is 2.02. The fourth-order valence-electron chi connectivity index (χ4n) is 2.37. The van der Waals surface area contributed by atoms with Crippen molar-refractivity contribution < 1.29 is 8.42 Å². The molecular formula is C15H15N3O3S. The van der Waals surface area contributed by atoms with Gasteiger partial charge in [-0.1, -0.05) is 18.2 Å². The molecule has 0 aliphatic heterocycles. The Morgan fingerprint density at radius 1 is 1.14 bits per heavy atom. The maximum absolute atomic E-state index is 12.4. The van der Waals surface area contributed by atoms with Gasteiger partial charge in [-0.15, -0.1) is 0 Å². The predicted octanol–water partition coefficient (Wildman–Crippen LogP) is 1.98. The number of fused-ring (bicyclic) bond motifs is 1. The van der Waals surface area contributed by atoms with E-state index in [1.807, 2.05) is 0 Å². The largest absolute Gasteiger partial charge is 0.326 e. The van der Waals surface area contributed by atoms with Crippen molar-refractivity contribution in [3.05, 3.63) is 58.5 Å². The third-order valence-corrected chi connectivity index (χ3v) is 5.08. The molecule has 0 spiro atoms. The molecule has 3 aromatic rings. The number of H-pyrrole nitrogens is 1. The third-order valence-electron chi connectivity index (χ3n) is 3.54. The molecule has 0 saturated heterocycles. The number of imidazole rings is 1. The van der Waals surface area contributed by atoms with E-state index >= 15 is 0 Å². The highest BCUT2D eigenvalue weighted by Crippen LogP contribution is 2.21. The second-order valence-corrected chi connectivity index (χ2v) is 6.74. The highest BCUT2D eigenvalue weighted by Gasteiger charge is 2.16. The number of hydrogen-bond donors (Lipinski definition) is 2. The van der Waals surface area contributed by atoms with Gasteiger partial charge in [0.2, 0.25) is 0 Å². The van der Waals surface area contributed by atoms with Gasteiger partial charge in [-0.2, -0.15) is 0 Å². The Bertz CT molecular complexity index is 1020. The fourth-order valence-corrected chi connectivity index (χ4v) is 3.67. The summed E-state index contributed by atoms with van der Waals surface area (Å²) in [6, 6.07) is 11.7. The molecule has 0 bridgehead atoms. The van der Waals surface area contributed by atoms with E-state index in [-0.39, 0.29) is 10.6 Å². The second kappa shape index (κ2) is 5.03. The molecule has 6 nitrogen and oxygen atoms in total. The zero-order chi connectivity index (χ0) is 15.9. The third kappa shape index (κ3) is 2.39. The van der Waals surface area contributed by atoms with Crippen LogP contribution in [0.25, 0.3) is 11.0 Å². The number of nitrogens with one attached hydrogen (secondary N) is 2. The fraction of sp³-hybridized carbons (Fsp3) is 0.133. The first-order valence-corrected chi connectivity index (χ1v) is 8.14. The Hall–Kier alpha value is -2.54. The molecule has 1 aromatic heterocycles. The maximum Gasteiger partial charge on any atom is 0.326 e. The molecule has 7 heteroatoms. The number of anilines is 1. The first-order chi connectivity index (χ1) is 10.4. The minimum atomic E-state index is -3.66. The van der Waals surface area contributed by atoms with Gasteiger partial charge < -0.3 is 4.98 Å². The Morgan fingerprint density at radius 2 is 1.86 bits per heavy atom. The smallest absolute Gasteiger partial charge is 0.305 e. The summed E-state index contributed by atoms with van der Waals surface area (Å²) in [5.74, 6) is 0. The summed E-state index contributed by atoms with van der Waals surface area (Å²) in [5, 5.41) is 0. The number of aromatic amines is 1. The second-order valence-electron chi connectivity index (χ2n) is 5.09. The number of benzene rings is 2. The van der Waals surface area contributed by atoms with Gasteiger partial charge in [0, 0.05) is 7.05 Å². The lowest BCUT2D eigenvalue weighted by atomic mass is 10.2. The molecule has 0 amide bonds. The van der Waals surface area contributed by atoms with Gasteiger partial charge in [0.15, 0.2) is 0 Å². The van der Waals surface area contributed by atoms with E-state index in [1.54, 1.807) is 56.4 Å². The SMILES string of the molecule is Cc1ccccc1S(=O)(=O)Nc1ccc2c(c1)[nH]c(=O)n2C. The van der Waals surface area contributed by atoms with Crippen LogP contribution in [0.15, 0.2) is 52.2 Å². The maximum atomic E-state index is 12.4. The van der Waals surface area contributed by atoms with Gasteiger partial charge in [0.05, 0.1) is 21.6 Å². The Labute approximate surface area is 127 Å². The lowest BCUT2D eigenvalue weighted by molar-refractivity contribution is 0.600. The van der Waals surface area contributed by atoms with Crippen molar-refractivity contribution in [2.75, 3.05) is 4.72 Å². The summed E-state index contributed by atoms with van der Waals surface area (Å²) >= 11 is 0. The van der Waals surface area contributed by atoms with Crippen LogP contribution in [0.1, 0.15) is 5.56 Å². The molecule has 0 fully saturated rings. The molecule has 0 radical (unpaired) electrons. The summed E-state index contributed by atoms with van der Waals surface area (Å²) in [6.45, 7) is 1.74. The van der Waals surface area contributed by atoms with Crippen molar-refractivity contribution in [2.45, 2.75) is 11.8 Å². The van der Waals surface area contributed by atoms with Crippen LogP contribution in [0.4, 0.5) is 5.69 Å². The standard InChI is InChI=1S/C15H15N3O3S/c1-10-5-3-4-6-14(10)22(20,21)17-11-7-8-13-12(9-11)16-15(19)18(13)2/h3-9,17H,1-2H3,(H,16,19). The van der Waals surface area contributed by atoms with E-state index in [0.717, 1.165) is 0 Å². The van der Waals surface area contributed by atoms with E-state index in [1.165, 1.54) is 4.57 Å². The van der Waals surface area contributed by atoms with E-state index in [0.29, 0.717) is 22.3 Å². The average Bonchev–Trinajstić information content (AvgIpc) is 2.73. The molecule has 0 atom stereocenters. The van der Waals surface area contributed by atoms with Crippen molar-refractivity contribution >= 4 is 26.7 Å². The summed E-state index contributed by atoms with van der Waals surface area (Å²) in [4.78, 5) is 14.5. The molecule has 3 rings (SSSR count). The first kappa shape index (κ1) is 14.4. The number of sulfonamides is 1. The first-order valence-electron chi connectivity index (χ1n) is 6.66. The normalized spacial score (nSPS) is 11.7. The van der Waals surface area contributed by atoms with Crippen molar-refractivity contribution in [3.63, 3.8) is 0 Å². The van der Waals surface area contributed by atoms with E-state index in [4.69, 9.17) is 0 Å². The predicted molar refractivity (Wildman–Crippen MR) is 85.5 cm³/mol. The monoisotopic (exact) mass is 317 g/mol. The molecule has 1 heterocycles. The summed E-state index contributed by atoms with van der Waals surface area (Å²) in [6.07, 6.45) is 0. The number of hydrogen-bond acceptors (Lipinski definition) is 3. The van der Waals surface area contributed by atoms with Crippen molar-refractivity contribution in [2.24, 2.45) is 7.05 Å². The lowest BCUT2D eigenvalue weighted by Gasteiger charge is -2.10. The lowest BCUT2D eigenvalue weighted by Crippen LogP contribution is -2.14.